The van der Waals surface area contributed by atoms with E-state index in [1.54, 1.807) is 6.92 Å². The zero-order valence-corrected chi connectivity index (χ0v) is 9.21. The van der Waals surface area contributed by atoms with Gasteiger partial charge in [0, 0.05) is 6.07 Å². The van der Waals surface area contributed by atoms with Gasteiger partial charge in [-0.25, -0.2) is 5.48 Å². The monoisotopic (exact) mass is 240 g/mol. The lowest BCUT2D eigenvalue weighted by Crippen LogP contribution is -2.28. The number of carbonyl (C=O) groups excluding carboxylic acids is 1. The second-order valence-corrected chi connectivity index (χ2v) is 3.00. The molecule has 0 atom stereocenters. The number of nitro benzene ring substituents is 1. The summed E-state index contributed by atoms with van der Waals surface area (Å²) in [6.07, 6.45) is 0. The predicted octanol–water partition coefficient (Wildman–Crippen LogP) is 1.04. The van der Waals surface area contributed by atoms with E-state index in [-0.39, 0.29) is 18.0 Å². The zero-order valence-electron chi connectivity index (χ0n) is 9.21. The van der Waals surface area contributed by atoms with Gasteiger partial charge in [0.25, 0.3) is 11.6 Å². The van der Waals surface area contributed by atoms with E-state index < -0.39 is 10.8 Å². The molecule has 0 aliphatic heterocycles. The van der Waals surface area contributed by atoms with Crippen LogP contribution >= 0.6 is 0 Å². The summed E-state index contributed by atoms with van der Waals surface area (Å²) in [7, 11) is 0. The molecular formula is C10H12N2O5. The van der Waals surface area contributed by atoms with Gasteiger partial charge in [0.15, 0.2) is 6.61 Å². The van der Waals surface area contributed by atoms with Crippen LogP contribution in [0.5, 0.6) is 5.75 Å². The second kappa shape index (κ2) is 6.44. The Morgan fingerprint density at radius 3 is 2.94 bits per heavy atom. The molecule has 0 saturated heterocycles. The second-order valence-electron chi connectivity index (χ2n) is 3.00. The molecule has 1 amide bonds. The molecule has 0 aliphatic rings. The molecule has 0 aromatic heterocycles. The van der Waals surface area contributed by atoms with E-state index in [0.717, 1.165) is 0 Å². The minimum absolute atomic E-state index is 0.0901. The normalized spacial score (nSPS) is 9.71. The molecule has 0 bridgehead atoms. The van der Waals surface area contributed by atoms with E-state index in [0.29, 0.717) is 6.61 Å². The van der Waals surface area contributed by atoms with Crippen LogP contribution in [0.2, 0.25) is 0 Å². The van der Waals surface area contributed by atoms with Crippen molar-refractivity contribution in [2.75, 3.05) is 13.2 Å². The summed E-state index contributed by atoms with van der Waals surface area (Å²) in [5, 5.41) is 10.5. The highest BCUT2D eigenvalue weighted by molar-refractivity contribution is 5.76. The maximum Gasteiger partial charge on any atom is 0.281 e. The van der Waals surface area contributed by atoms with Crippen LogP contribution in [0.4, 0.5) is 5.69 Å². The smallest absolute Gasteiger partial charge is 0.281 e. The number of ether oxygens (including phenoxy) is 1. The van der Waals surface area contributed by atoms with Crippen LogP contribution < -0.4 is 10.2 Å². The van der Waals surface area contributed by atoms with Crippen LogP contribution in [0.25, 0.3) is 0 Å². The number of non-ortho nitro benzene ring substituents is 1. The molecule has 0 radical (unpaired) electrons. The van der Waals surface area contributed by atoms with E-state index in [9.17, 15) is 14.9 Å². The summed E-state index contributed by atoms with van der Waals surface area (Å²) in [6, 6.07) is 5.59. The lowest BCUT2D eigenvalue weighted by atomic mass is 10.3. The molecule has 1 aromatic rings. The molecule has 0 unspecified atom stereocenters. The number of nitro groups is 1. The highest BCUT2D eigenvalue weighted by Gasteiger charge is 2.07. The van der Waals surface area contributed by atoms with E-state index in [1.807, 2.05) is 0 Å². The summed E-state index contributed by atoms with van der Waals surface area (Å²) >= 11 is 0. The average molecular weight is 240 g/mol. The molecule has 0 heterocycles. The highest BCUT2D eigenvalue weighted by atomic mass is 16.7. The van der Waals surface area contributed by atoms with Crippen LogP contribution in [-0.2, 0) is 9.63 Å². The number of nitrogens with zero attached hydrogens (tertiary/aromatic N) is 1. The van der Waals surface area contributed by atoms with Crippen LogP contribution in [0.3, 0.4) is 0 Å². The Balaban J connectivity index is 2.49. The minimum atomic E-state index is -0.535. The Kier molecular flexibility index (Phi) is 4.89. The summed E-state index contributed by atoms with van der Waals surface area (Å²) in [5.74, 6) is -0.204. The molecule has 92 valence electrons. The molecule has 1 rings (SSSR count). The van der Waals surface area contributed by atoms with Crippen molar-refractivity contribution < 1.29 is 19.3 Å². The number of carbonyl (C=O) groups is 1. The van der Waals surface area contributed by atoms with Crippen molar-refractivity contribution in [3.63, 3.8) is 0 Å². The molecular weight excluding hydrogens is 228 g/mol. The van der Waals surface area contributed by atoms with Gasteiger partial charge in [-0.15, -0.1) is 0 Å². The van der Waals surface area contributed by atoms with Gasteiger partial charge >= 0.3 is 0 Å². The first-order chi connectivity index (χ1) is 8.13. The van der Waals surface area contributed by atoms with Crippen LogP contribution in [-0.4, -0.2) is 24.0 Å². The van der Waals surface area contributed by atoms with E-state index in [2.05, 4.69) is 10.3 Å². The molecule has 0 saturated carbocycles. The maximum atomic E-state index is 11.1. The van der Waals surface area contributed by atoms with Crippen molar-refractivity contribution >= 4 is 11.6 Å². The molecule has 0 aliphatic carbocycles. The Morgan fingerprint density at radius 2 is 2.29 bits per heavy atom. The number of benzene rings is 1. The van der Waals surface area contributed by atoms with Gasteiger partial charge in [-0.2, -0.15) is 0 Å². The highest BCUT2D eigenvalue weighted by Crippen LogP contribution is 2.18. The summed E-state index contributed by atoms with van der Waals surface area (Å²) in [6.45, 7) is 1.81. The standard InChI is InChI=1S/C10H12N2O5/c1-2-17-11-10(13)7-16-9-5-3-4-8(6-9)12(14)15/h3-6H,2,7H2,1H3,(H,11,13). The van der Waals surface area contributed by atoms with Gasteiger partial charge in [0.05, 0.1) is 17.6 Å². The maximum absolute atomic E-state index is 11.1. The Hall–Kier alpha value is -2.15. The van der Waals surface area contributed by atoms with Crippen molar-refractivity contribution in [3.8, 4) is 5.75 Å². The summed E-state index contributed by atoms with van der Waals surface area (Å²) in [5.41, 5.74) is 2.05. The third-order valence-corrected chi connectivity index (χ3v) is 1.73. The Bertz CT molecular complexity index is 407. The van der Waals surface area contributed by atoms with E-state index >= 15 is 0 Å². The number of nitrogens with one attached hydrogen (secondary N) is 1. The number of amides is 1. The van der Waals surface area contributed by atoms with E-state index in [1.165, 1.54) is 24.3 Å². The van der Waals surface area contributed by atoms with Crippen molar-refractivity contribution in [2.24, 2.45) is 0 Å². The Labute approximate surface area is 97.4 Å². The third kappa shape index (κ3) is 4.47. The average Bonchev–Trinajstić information content (AvgIpc) is 2.34. The van der Waals surface area contributed by atoms with Crippen LogP contribution in [0.1, 0.15) is 6.92 Å². The van der Waals surface area contributed by atoms with Crippen LogP contribution in [0, 0.1) is 10.1 Å². The molecule has 1 aromatic carbocycles. The quantitative estimate of drug-likeness (QED) is 0.592. The fraction of sp³-hybridized carbons (Fsp3) is 0.300. The fourth-order valence-corrected chi connectivity index (χ4v) is 1.02. The molecule has 7 nitrogen and oxygen atoms in total. The van der Waals surface area contributed by atoms with Gasteiger partial charge in [0.2, 0.25) is 0 Å². The summed E-state index contributed by atoms with van der Waals surface area (Å²) in [4.78, 5) is 25.7. The number of hydrogen-bond acceptors (Lipinski definition) is 5. The number of hydroxylamine groups is 1. The lowest BCUT2D eigenvalue weighted by molar-refractivity contribution is -0.384. The van der Waals surface area contributed by atoms with Gasteiger partial charge < -0.3 is 4.74 Å². The van der Waals surface area contributed by atoms with Gasteiger partial charge in [-0.1, -0.05) is 6.07 Å². The van der Waals surface area contributed by atoms with Crippen molar-refractivity contribution in [2.45, 2.75) is 6.92 Å². The fourth-order valence-electron chi connectivity index (χ4n) is 1.02. The minimum Gasteiger partial charge on any atom is -0.483 e. The zero-order chi connectivity index (χ0) is 12.7. The molecule has 0 spiro atoms. The lowest BCUT2D eigenvalue weighted by Gasteiger charge is -2.06. The first kappa shape index (κ1) is 12.9. The van der Waals surface area contributed by atoms with Gasteiger partial charge in [-0.05, 0) is 13.0 Å². The Morgan fingerprint density at radius 1 is 1.53 bits per heavy atom. The van der Waals surface area contributed by atoms with Crippen molar-refractivity contribution in [3.05, 3.63) is 34.4 Å². The summed E-state index contributed by atoms with van der Waals surface area (Å²) < 4.78 is 5.06. The predicted molar refractivity (Wildman–Crippen MR) is 58.4 cm³/mol. The van der Waals surface area contributed by atoms with E-state index in [4.69, 9.17) is 4.74 Å². The topological polar surface area (TPSA) is 90.7 Å². The third-order valence-electron chi connectivity index (χ3n) is 1.73. The molecule has 0 fully saturated rings. The van der Waals surface area contributed by atoms with Gasteiger partial charge in [-0.3, -0.25) is 19.7 Å². The van der Waals surface area contributed by atoms with Crippen LogP contribution in [0.15, 0.2) is 24.3 Å². The number of rotatable bonds is 6. The first-order valence-corrected chi connectivity index (χ1v) is 4.91. The van der Waals surface area contributed by atoms with Gasteiger partial charge in [0.1, 0.15) is 5.75 Å². The molecule has 1 N–H and O–H groups in total. The largest absolute Gasteiger partial charge is 0.483 e. The molecule has 7 heteroatoms. The van der Waals surface area contributed by atoms with Crippen molar-refractivity contribution in [1.29, 1.82) is 0 Å². The first-order valence-electron chi connectivity index (χ1n) is 4.91. The number of hydrogen-bond donors (Lipinski definition) is 1. The SMILES string of the molecule is CCONC(=O)COc1cccc([N+](=O)[O-])c1. The van der Waals surface area contributed by atoms with Crippen molar-refractivity contribution in [1.82, 2.24) is 5.48 Å². The molecule has 17 heavy (non-hydrogen) atoms.